The van der Waals surface area contributed by atoms with Crippen LogP contribution >= 0.6 is 0 Å². The number of hydrogen-bond donors (Lipinski definition) is 1. The molecular weight excluding hydrogens is 184 g/mol. The van der Waals surface area contributed by atoms with Crippen LogP contribution in [0.1, 0.15) is 34.1 Å². The van der Waals surface area contributed by atoms with E-state index < -0.39 is 23.8 Å². The van der Waals surface area contributed by atoms with Crippen molar-refractivity contribution in [1.82, 2.24) is 0 Å². The highest BCUT2D eigenvalue weighted by atomic mass is 16.8. The highest BCUT2D eigenvalue weighted by Gasteiger charge is 2.62. The van der Waals surface area contributed by atoms with Crippen LogP contribution in [-0.2, 0) is 14.2 Å². The number of aliphatic hydroxyl groups is 1. The SMILES string of the molecule is CC[C@H]1OC2OC(C)(C)O[C@]2(C)[C@@H]1O. The van der Waals surface area contributed by atoms with E-state index in [9.17, 15) is 5.11 Å². The highest BCUT2D eigenvalue weighted by Crippen LogP contribution is 2.45. The van der Waals surface area contributed by atoms with Crippen LogP contribution in [0, 0.1) is 0 Å². The molecule has 82 valence electrons. The normalized spacial score (nSPS) is 50.8. The molecule has 0 saturated carbocycles. The Bertz CT molecular complexity index is 240. The molecule has 0 bridgehead atoms. The van der Waals surface area contributed by atoms with Crippen LogP contribution in [-0.4, -0.2) is 35.0 Å². The van der Waals surface area contributed by atoms with Gasteiger partial charge in [-0.25, -0.2) is 0 Å². The van der Waals surface area contributed by atoms with E-state index in [4.69, 9.17) is 14.2 Å². The van der Waals surface area contributed by atoms with Gasteiger partial charge in [0.05, 0.1) is 6.10 Å². The number of fused-ring (bicyclic) bond motifs is 1. The lowest BCUT2D eigenvalue weighted by atomic mass is 9.96. The number of ether oxygens (including phenoxy) is 3. The van der Waals surface area contributed by atoms with Gasteiger partial charge in [-0.15, -0.1) is 0 Å². The molecule has 2 rings (SSSR count). The summed E-state index contributed by atoms with van der Waals surface area (Å²) in [5, 5.41) is 10.0. The van der Waals surface area contributed by atoms with Gasteiger partial charge in [0.15, 0.2) is 12.1 Å². The van der Waals surface area contributed by atoms with Crippen LogP contribution in [0.15, 0.2) is 0 Å². The van der Waals surface area contributed by atoms with E-state index in [-0.39, 0.29) is 6.10 Å². The Morgan fingerprint density at radius 1 is 1.29 bits per heavy atom. The monoisotopic (exact) mass is 202 g/mol. The van der Waals surface area contributed by atoms with Crippen LogP contribution in [0.4, 0.5) is 0 Å². The first-order valence-corrected chi connectivity index (χ1v) is 5.10. The molecule has 2 aliphatic rings. The van der Waals surface area contributed by atoms with Crippen molar-refractivity contribution in [1.29, 1.82) is 0 Å². The minimum Gasteiger partial charge on any atom is -0.387 e. The molecule has 2 aliphatic heterocycles. The topological polar surface area (TPSA) is 47.9 Å². The maximum Gasteiger partial charge on any atom is 0.192 e. The van der Waals surface area contributed by atoms with Gasteiger partial charge in [-0.05, 0) is 27.2 Å². The Labute approximate surface area is 84.1 Å². The third-order valence-electron chi connectivity index (χ3n) is 2.96. The molecule has 4 nitrogen and oxygen atoms in total. The first-order chi connectivity index (χ1) is 6.39. The smallest absolute Gasteiger partial charge is 0.192 e. The summed E-state index contributed by atoms with van der Waals surface area (Å²) in [5.74, 6) is -0.668. The van der Waals surface area contributed by atoms with Crippen LogP contribution in [0.25, 0.3) is 0 Å². The minimum atomic E-state index is -0.718. The molecule has 0 aliphatic carbocycles. The van der Waals surface area contributed by atoms with Gasteiger partial charge >= 0.3 is 0 Å². The zero-order chi connectivity index (χ0) is 10.6. The third-order valence-corrected chi connectivity index (χ3v) is 2.96. The van der Waals surface area contributed by atoms with Gasteiger partial charge in [-0.1, -0.05) is 6.92 Å². The predicted molar refractivity (Wildman–Crippen MR) is 49.6 cm³/mol. The van der Waals surface area contributed by atoms with Crippen molar-refractivity contribution in [2.45, 2.75) is 64.0 Å². The highest BCUT2D eigenvalue weighted by molar-refractivity contribution is 5.02. The second-order valence-electron chi connectivity index (χ2n) is 4.66. The molecule has 4 heteroatoms. The molecule has 2 heterocycles. The fourth-order valence-corrected chi connectivity index (χ4v) is 2.26. The van der Waals surface area contributed by atoms with E-state index in [1.807, 2.05) is 27.7 Å². The lowest BCUT2D eigenvalue weighted by molar-refractivity contribution is -0.219. The van der Waals surface area contributed by atoms with Crippen LogP contribution < -0.4 is 0 Å². The van der Waals surface area contributed by atoms with E-state index in [0.717, 1.165) is 6.42 Å². The predicted octanol–water partition coefficient (Wildman–Crippen LogP) is 1.02. The van der Waals surface area contributed by atoms with Gasteiger partial charge in [0.2, 0.25) is 0 Å². The average Bonchev–Trinajstić information content (AvgIpc) is 2.42. The summed E-state index contributed by atoms with van der Waals surface area (Å²) in [6.45, 7) is 7.47. The van der Waals surface area contributed by atoms with Gasteiger partial charge in [0.25, 0.3) is 0 Å². The molecule has 2 fully saturated rings. The zero-order valence-corrected chi connectivity index (χ0v) is 9.11. The largest absolute Gasteiger partial charge is 0.387 e. The van der Waals surface area contributed by atoms with Gasteiger partial charge in [0, 0.05) is 0 Å². The fraction of sp³-hybridized carbons (Fsp3) is 1.00. The molecule has 0 aromatic carbocycles. The Balaban J connectivity index is 2.21. The Morgan fingerprint density at radius 3 is 2.43 bits per heavy atom. The lowest BCUT2D eigenvalue weighted by Crippen LogP contribution is -2.45. The Hall–Kier alpha value is -0.160. The Kier molecular flexibility index (Phi) is 2.16. The van der Waals surface area contributed by atoms with E-state index in [2.05, 4.69) is 0 Å². The summed E-state index contributed by atoms with van der Waals surface area (Å²) in [7, 11) is 0. The van der Waals surface area contributed by atoms with Gasteiger partial charge in [-0.2, -0.15) is 0 Å². The van der Waals surface area contributed by atoms with Gasteiger partial charge in [-0.3, -0.25) is 0 Å². The fourth-order valence-electron chi connectivity index (χ4n) is 2.26. The van der Waals surface area contributed by atoms with Gasteiger partial charge in [0.1, 0.15) is 11.7 Å². The molecule has 0 aromatic rings. The van der Waals surface area contributed by atoms with E-state index in [1.165, 1.54) is 0 Å². The van der Waals surface area contributed by atoms with Crippen LogP contribution in [0.2, 0.25) is 0 Å². The lowest BCUT2D eigenvalue weighted by Gasteiger charge is -2.27. The summed E-state index contributed by atoms with van der Waals surface area (Å²) in [6, 6.07) is 0. The van der Waals surface area contributed by atoms with Crippen molar-refractivity contribution in [2.24, 2.45) is 0 Å². The number of rotatable bonds is 1. The van der Waals surface area contributed by atoms with E-state index in [1.54, 1.807) is 0 Å². The maximum absolute atomic E-state index is 10.0. The standard InChI is InChI=1S/C10H18O4/c1-5-6-7(11)10(4)8(12-6)13-9(2,3)14-10/h6-8,11H,5H2,1-4H3/t6-,7-,8?,10-/m1/s1. The third kappa shape index (κ3) is 1.29. The zero-order valence-electron chi connectivity index (χ0n) is 9.11. The average molecular weight is 202 g/mol. The summed E-state index contributed by atoms with van der Waals surface area (Å²) in [4.78, 5) is 0. The summed E-state index contributed by atoms with van der Waals surface area (Å²) in [5.41, 5.74) is -0.718. The van der Waals surface area contributed by atoms with Crippen molar-refractivity contribution in [3.63, 3.8) is 0 Å². The van der Waals surface area contributed by atoms with Crippen LogP contribution in [0.5, 0.6) is 0 Å². The molecule has 0 amide bonds. The van der Waals surface area contributed by atoms with Crippen molar-refractivity contribution in [3.8, 4) is 0 Å². The molecule has 0 aromatic heterocycles. The summed E-state index contributed by atoms with van der Waals surface area (Å²) < 4.78 is 16.9. The second kappa shape index (κ2) is 2.92. The van der Waals surface area contributed by atoms with E-state index in [0.29, 0.717) is 0 Å². The molecule has 0 spiro atoms. The van der Waals surface area contributed by atoms with Crippen molar-refractivity contribution in [2.75, 3.05) is 0 Å². The number of aliphatic hydroxyl groups excluding tert-OH is 1. The molecule has 0 radical (unpaired) electrons. The van der Waals surface area contributed by atoms with Crippen LogP contribution in [0.3, 0.4) is 0 Å². The molecular formula is C10H18O4. The molecule has 1 N–H and O–H groups in total. The van der Waals surface area contributed by atoms with Crippen molar-refractivity contribution in [3.05, 3.63) is 0 Å². The summed E-state index contributed by atoms with van der Waals surface area (Å²) >= 11 is 0. The molecule has 4 atom stereocenters. The first-order valence-electron chi connectivity index (χ1n) is 5.10. The molecule has 2 saturated heterocycles. The quantitative estimate of drug-likeness (QED) is 0.689. The van der Waals surface area contributed by atoms with Gasteiger partial charge < -0.3 is 19.3 Å². The van der Waals surface area contributed by atoms with Crippen molar-refractivity contribution >= 4 is 0 Å². The molecule has 1 unspecified atom stereocenters. The first kappa shape index (κ1) is 10.4. The number of hydrogen-bond acceptors (Lipinski definition) is 4. The Morgan fingerprint density at radius 2 is 1.93 bits per heavy atom. The van der Waals surface area contributed by atoms with Crippen molar-refractivity contribution < 1.29 is 19.3 Å². The minimum absolute atomic E-state index is 0.180. The summed E-state index contributed by atoms with van der Waals surface area (Å²) in [6.07, 6.45) is -0.474. The molecule has 14 heavy (non-hydrogen) atoms. The van der Waals surface area contributed by atoms with E-state index >= 15 is 0 Å². The second-order valence-corrected chi connectivity index (χ2v) is 4.66. The maximum atomic E-state index is 10.0.